The fourth-order valence-electron chi connectivity index (χ4n) is 4.91. The van der Waals surface area contributed by atoms with Gasteiger partial charge in [-0.3, -0.25) is 9.36 Å². The van der Waals surface area contributed by atoms with E-state index >= 15 is 0 Å². The van der Waals surface area contributed by atoms with E-state index in [0.717, 1.165) is 54.2 Å². The van der Waals surface area contributed by atoms with E-state index in [4.69, 9.17) is 0 Å². The van der Waals surface area contributed by atoms with Gasteiger partial charge in [0.2, 0.25) is 5.91 Å². The van der Waals surface area contributed by atoms with Crippen molar-refractivity contribution in [1.82, 2.24) is 19.4 Å². The third-order valence-electron chi connectivity index (χ3n) is 7.01. The molecule has 1 aliphatic rings. The van der Waals surface area contributed by atoms with Crippen LogP contribution in [0, 0.1) is 5.82 Å². The molecule has 0 aliphatic carbocycles. The molecular weight excluding hydrogens is 493 g/mol. The minimum Gasteiger partial charge on any atom is -0.370 e. The molecule has 0 spiro atoms. The molecule has 2 N–H and O–H groups in total. The number of nitrogens with zero attached hydrogens (tertiary/aromatic N) is 5. The van der Waals surface area contributed by atoms with E-state index in [9.17, 15) is 9.18 Å². The molecule has 0 atom stereocenters. The molecule has 8 nitrogen and oxygen atoms in total. The summed E-state index contributed by atoms with van der Waals surface area (Å²) < 4.78 is 15.4. The summed E-state index contributed by atoms with van der Waals surface area (Å²) in [7, 11) is 4.24. The molecule has 1 fully saturated rings. The number of carbonyl (C=O) groups is 1. The lowest BCUT2D eigenvalue weighted by Crippen LogP contribution is -2.42. The number of pyridine rings is 1. The molecule has 0 saturated carbocycles. The second kappa shape index (κ2) is 11.5. The van der Waals surface area contributed by atoms with Crippen LogP contribution in [0.1, 0.15) is 12.8 Å². The van der Waals surface area contributed by atoms with Gasteiger partial charge in [-0.2, -0.15) is 0 Å². The Morgan fingerprint density at radius 2 is 1.82 bits per heavy atom. The first-order valence-electron chi connectivity index (χ1n) is 12.9. The molecule has 1 amide bonds. The molecule has 0 bridgehead atoms. The van der Waals surface area contributed by atoms with Gasteiger partial charge in [0.05, 0.1) is 17.1 Å². The van der Waals surface area contributed by atoms with E-state index in [-0.39, 0.29) is 11.7 Å². The largest absolute Gasteiger partial charge is 0.370 e. The molecule has 1 saturated heterocycles. The van der Waals surface area contributed by atoms with Crippen LogP contribution in [0.15, 0.2) is 85.8 Å². The molecule has 2 aromatic carbocycles. The van der Waals surface area contributed by atoms with Crippen LogP contribution in [0.5, 0.6) is 0 Å². The van der Waals surface area contributed by atoms with Gasteiger partial charge in [-0.15, -0.1) is 0 Å². The number of hydrogen-bond acceptors (Lipinski definition) is 6. The van der Waals surface area contributed by atoms with Crippen molar-refractivity contribution >= 4 is 28.8 Å². The van der Waals surface area contributed by atoms with Crippen molar-refractivity contribution in [1.29, 1.82) is 0 Å². The smallest absolute Gasteiger partial charge is 0.247 e. The lowest BCUT2D eigenvalue weighted by molar-refractivity contribution is -0.111. The zero-order chi connectivity index (χ0) is 27.4. The molecule has 9 heteroatoms. The third-order valence-corrected chi connectivity index (χ3v) is 7.01. The number of amides is 1. The molecule has 3 heterocycles. The predicted molar refractivity (Wildman–Crippen MR) is 154 cm³/mol. The van der Waals surface area contributed by atoms with Crippen LogP contribution in [0.2, 0.25) is 0 Å². The summed E-state index contributed by atoms with van der Waals surface area (Å²) in [6, 6.07) is 16.6. The van der Waals surface area contributed by atoms with Crippen LogP contribution >= 0.6 is 0 Å². The second-order valence-electron chi connectivity index (χ2n) is 9.76. The Balaban J connectivity index is 1.39. The third kappa shape index (κ3) is 5.99. The normalized spacial score (nSPS) is 13.9. The molecule has 200 valence electrons. The summed E-state index contributed by atoms with van der Waals surface area (Å²) in [6.45, 7) is 5.43. The summed E-state index contributed by atoms with van der Waals surface area (Å²) in [6.07, 6.45) is 8.68. The number of anilines is 4. The number of imidazole rings is 1. The average Bonchev–Trinajstić information content (AvgIpc) is 3.44. The number of piperidine rings is 1. The maximum atomic E-state index is 13.4. The van der Waals surface area contributed by atoms with Crippen molar-refractivity contribution in [3.8, 4) is 17.1 Å². The zero-order valence-corrected chi connectivity index (χ0v) is 22.1. The summed E-state index contributed by atoms with van der Waals surface area (Å²) >= 11 is 0. The van der Waals surface area contributed by atoms with Crippen LogP contribution in [0.25, 0.3) is 17.1 Å². The van der Waals surface area contributed by atoms with Crippen molar-refractivity contribution in [2.75, 3.05) is 42.7 Å². The Morgan fingerprint density at radius 1 is 1.05 bits per heavy atom. The van der Waals surface area contributed by atoms with Gasteiger partial charge in [0.25, 0.3) is 0 Å². The van der Waals surface area contributed by atoms with Gasteiger partial charge in [-0.25, -0.2) is 14.4 Å². The number of aromatic nitrogens is 3. The van der Waals surface area contributed by atoms with Crippen LogP contribution in [0.4, 0.5) is 27.3 Å². The summed E-state index contributed by atoms with van der Waals surface area (Å²) in [5.74, 6) is 0.779. The highest BCUT2D eigenvalue weighted by molar-refractivity contribution is 6.01. The first kappa shape index (κ1) is 26.1. The fourth-order valence-corrected chi connectivity index (χ4v) is 4.91. The number of benzene rings is 2. The number of halogens is 1. The molecule has 0 unspecified atom stereocenters. The number of carbonyl (C=O) groups excluding carboxylic acids is 1. The van der Waals surface area contributed by atoms with Crippen molar-refractivity contribution in [2.45, 2.75) is 18.9 Å². The number of nitrogens with one attached hydrogen (secondary N) is 2. The van der Waals surface area contributed by atoms with Crippen LogP contribution in [-0.2, 0) is 4.79 Å². The van der Waals surface area contributed by atoms with Crippen molar-refractivity contribution in [3.05, 3.63) is 91.7 Å². The minimum atomic E-state index is -0.292. The van der Waals surface area contributed by atoms with Gasteiger partial charge >= 0.3 is 0 Å². The molecule has 5 rings (SSSR count). The Labute approximate surface area is 227 Å². The van der Waals surface area contributed by atoms with Crippen LogP contribution < -0.4 is 15.5 Å². The van der Waals surface area contributed by atoms with E-state index in [1.54, 1.807) is 24.5 Å². The highest BCUT2D eigenvalue weighted by Gasteiger charge is 2.23. The van der Waals surface area contributed by atoms with E-state index < -0.39 is 0 Å². The average molecular weight is 526 g/mol. The molecule has 2 aromatic heterocycles. The highest BCUT2D eigenvalue weighted by Crippen LogP contribution is 2.33. The Morgan fingerprint density at radius 3 is 2.54 bits per heavy atom. The molecular formula is C30H32FN7O. The molecule has 4 aromatic rings. The number of hydrogen-bond donors (Lipinski definition) is 2. The van der Waals surface area contributed by atoms with Gasteiger partial charge in [0, 0.05) is 55.0 Å². The Bertz CT molecular complexity index is 1460. The van der Waals surface area contributed by atoms with Crippen LogP contribution in [-0.4, -0.2) is 58.6 Å². The summed E-state index contributed by atoms with van der Waals surface area (Å²) in [5.41, 5.74) is 4.15. The predicted octanol–water partition coefficient (Wildman–Crippen LogP) is 5.47. The van der Waals surface area contributed by atoms with Crippen molar-refractivity contribution in [3.63, 3.8) is 0 Å². The van der Waals surface area contributed by atoms with Gasteiger partial charge in [0.1, 0.15) is 17.5 Å². The van der Waals surface area contributed by atoms with Gasteiger partial charge in [-0.05, 0) is 81.5 Å². The van der Waals surface area contributed by atoms with E-state index in [1.807, 2.05) is 41.1 Å². The first-order chi connectivity index (χ1) is 18.9. The lowest BCUT2D eigenvalue weighted by Gasteiger charge is -2.37. The summed E-state index contributed by atoms with van der Waals surface area (Å²) in [4.78, 5) is 25.8. The van der Waals surface area contributed by atoms with Crippen molar-refractivity contribution in [2.24, 2.45) is 0 Å². The monoisotopic (exact) mass is 525 g/mol. The second-order valence-corrected chi connectivity index (χ2v) is 9.76. The van der Waals surface area contributed by atoms with E-state index in [0.29, 0.717) is 17.7 Å². The summed E-state index contributed by atoms with van der Waals surface area (Å²) in [5, 5.41) is 6.33. The SMILES string of the molecule is C=CC(=O)Nc1cc(Nc2cc(-n3ccnc3-c3ccc(F)cc3)ccn2)ccc1N1CCC(N(C)C)CC1. The quantitative estimate of drug-likeness (QED) is 0.297. The Hall–Kier alpha value is -4.50. The van der Waals surface area contributed by atoms with Gasteiger partial charge in [0.15, 0.2) is 0 Å². The maximum absolute atomic E-state index is 13.4. The minimum absolute atomic E-state index is 0.259. The Kier molecular flexibility index (Phi) is 7.69. The lowest BCUT2D eigenvalue weighted by atomic mass is 10.0. The highest BCUT2D eigenvalue weighted by atomic mass is 19.1. The number of rotatable bonds is 8. The zero-order valence-electron chi connectivity index (χ0n) is 22.1. The first-order valence-corrected chi connectivity index (χ1v) is 12.9. The van der Waals surface area contributed by atoms with Gasteiger partial charge < -0.3 is 20.4 Å². The topological polar surface area (TPSA) is 78.3 Å². The van der Waals surface area contributed by atoms with Crippen LogP contribution in [0.3, 0.4) is 0 Å². The maximum Gasteiger partial charge on any atom is 0.247 e. The fraction of sp³-hybridized carbons (Fsp3) is 0.233. The molecule has 0 radical (unpaired) electrons. The van der Waals surface area contributed by atoms with Gasteiger partial charge in [-0.1, -0.05) is 6.58 Å². The van der Waals surface area contributed by atoms with E-state index in [2.05, 4.69) is 51.1 Å². The molecule has 1 aliphatic heterocycles. The standard InChI is InChI=1S/C30H32FN7O/c1-4-29(39)35-26-19-23(9-10-27(26)37-16-12-24(13-17-37)36(2)3)34-28-20-25(11-14-32-28)38-18-15-33-30(38)21-5-7-22(31)8-6-21/h4-11,14-15,18-20,24H,1,12-13,16-17H2,2-3H3,(H,32,34)(H,35,39). The van der Waals surface area contributed by atoms with Crippen molar-refractivity contribution < 1.29 is 9.18 Å². The van der Waals surface area contributed by atoms with E-state index in [1.165, 1.54) is 18.2 Å². The molecule has 39 heavy (non-hydrogen) atoms.